The Bertz CT molecular complexity index is 1000. The van der Waals surface area contributed by atoms with E-state index in [1.54, 1.807) is 18.3 Å². The highest BCUT2D eigenvalue weighted by molar-refractivity contribution is 14.1. The van der Waals surface area contributed by atoms with Crippen molar-refractivity contribution >= 4 is 45.6 Å². The summed E-state index contributed by atoms with van der Waals surface area (Å²) in [7, 11) is 0. The van der Waals surface area contributed by atoms with Gasteiger partial charge in [-0.2, -0.15) is 0 Å². The van der Waals surface area contributed by atoms with Crippen molar-refractivity contribution < 1.29 is 4.39 Å². The van der Waals surface area contributed by atoms with Crippen LogP contribution in [0.15, 0.2) is 48.7 Å². The predicted octanol–water partition coefficient (Wildman–Crippen LogP) is 4.95. The molecule has 27 heavy (non-hydrogen) atoms. The second-order valence-electron chi connectivity index (χ2n) is 6.55. The Morgan fingerprint density at radius 2 is 1.85 bits per heavy atom. The van der Waals surface area contributed by atoms with Crippen LogP contribution < -0.4 is 10.2 Å². The number of hydrogen-bond acceptors (Lipinski definition) is 2. The van der Waals surface area contributed by atoms with E-state index in [0.717, 1.165) is 26.2 Å². The first-order valence-corrected chi connectivity index (χ1v) is 10.1. The number of hydrogen-bond donors (Lipinski definition) is 2. The first-order chi connectivity index (χ1) is 13.0. The van der Waals surface area contributed by atoms with Gasteiger partial charge in [-0.05, 0) is 72.9 Å². The number of aryl methyl sites for hydroxylation is 2. The van der Waals surface area contributed by atoms with Gasteiger partial charge >= 0.3 is 0 Å². The molecular weight excluding hydrogens is 474 g/mol. The van der Waals surface area contributed by atoms with Gasteiger partial charge in [-0.3, -0.25) is 4.98 Å². The van der Waals surface area contributed by atoms with Crippen LogP contribution in [0.25, 0.3) is 0 Å². The molecule has 138 valence electrons. The van der Waals surface area contributed by atoms with Crippen LogP contribution in [0.4, 0.5) is 10.1 Å². The van der Waals surface area contributed by atoms with Crippen LogP contribution in [0, 0.1) is 23.2 Å². The molecule has 7 heteroatoms. The quantitative estimate of drug-likeness (QED) is 0.402. The summed E-state index contributed by atoms with van der Waals surface area (Å²) in [6.07, 6.45) is 1.77. The van der Waals surface area contributed by atoms with Gasteiger partial charge in [0.25, 0.3) is 0 Å². The Hall–Kier alpha value is -2.00. The van der Waals surface area contributed by atoms with Crippen LogP contribution in [-0.4, -0.2) is 15.1 Å². The Balaban J connectivity index is 1.92. The zero-order chi connectivity index (χ0) is 19.1. The molecule has 0 amide bonds. The van der Waals surface area contributed by atoms with Crippen LogP contribution in [-0.2, 0) is 0 Å². The molecule has 3 heterocycles. The van der Waals surface area contributed by atoms with E-state index < -0.39 is 0 Å². The minimum atomic E-state index is -0.298. The molecule has 1 aliphatic rings. The second-order valence-corrected chi connectivity index (χ2v) is 8.02. The highest BCUT2D eigenvalue weighted by atomic mass is 127. The molecule has 3 aromatic rings. The molecule has 4 nitrogen and oxygen atoms in total. The predicted molar refractivity (Wildman–Crippen MR) is 117 cm³/mol. The van der Waals surface area contributed by atoms with Gasteiger partial charge in [-0.25, -0.2) is 4.39 Å². The van der Waals surface area contributed by atoms with Gasteiger partial charge in [0.2, 0.25) is 0 Å². The highest BCUT2D eigenvalue weighted by Gasteiger charge is 2.43. The van der Waals surface area contributed by atoms with Crippen molar-refractivity contribution in [3.05, 3.63) is 80.7 Å². The molecular formula is C20H18FIN4S. The molecule has 0 unspecified atom stereocenters. The first-order valence-electron chi connectivity index (χ1n) is 8.58. The Morgan fingerprint density at radius 3 is 2.48 bits per heavy atom. The molecule has 0 spiro atoms. The lowest BCUT2D eigenvalue weighted by atomic mass is 9.96. The molecule has 2 aromatic heterocycles. The van der Waals surface area contributed by atoms with E-state index in [1.165, 1.54) is 6.07 Å². The summed E-state index contributed by atoms with van der Waals surface area (Å²) in [6, 6.07) is 12.2. The molecule has 0 aliphatic carbocycles. The van der Waals surface area contributed by atoms with E-state index in [-0.39, 0.29) is 17.9 Å². The molecule has 1 aliphatic heterocycles. The van der Waals surface area contributed by atoms with Crippen LogP contribution in [0.1, 0.15) is 34.7 Å². The van der Waals surface area contributed by atoms with E-state index >= 15 is 0 Å². The Kier molecular flexibility index (Phi) is 4.90. The van der Waals surface area contributed by atoms with E-state index in [2.05, 4.69) is 37.9 Å². The number of halogens is 2. The number of rotatable bonds is 3. The van der Waals surface area contributed by atoms with Crippen molar-refractivity contribution in [2.24, 2.45) is 0 Å². The van der Waals surface area contributed by atoms with E-state index in [4.69, 9.17) is 12.2 Å². The van der Waals surface area contributed by atoms with Crippen LogP contribution >= 0.6 is 34.8 Å². The minimum Gasteiger partial charge on any atom is -0.362 e. The average Bonchev–Trinajstić information content (AvgIpc) is 3.12. The van der Waals surface area contributed by atoms with Crippen molar-refractivity contribution in [3.63, 3.8) is 0 Å². The minimum absolute atomic E-state index is 0.180. The SMILES string of the molecule is Cc1[nH]c(C)c([C@H]2[C@H](c3ccccn3)NC(=S)N2c2ccccc2F)c1I. The lowest BCUT2D eigenvalue weighted by Gasteiger charge is -2.28. The van der Waals surface area contributed by atoms with Crippen molar-refractivity contribution in [3.8, 4) is 0 Å². The van der Waals surface area contributed by atoms with Gasteiger partial charge in [-0.15, -0.1) is 0 Å². The molecule has 1 fully saturated rings. The lowest BCUT2D eigenvalue weighted by molar-refractivity contribution is 0.555. The van der Waals surface area contributed by atoms with Gasteiger partial charge in [0.05, 0.1) is 23.5 Å². The fraction of sp³-hybridized carbons (Fsp3) is 0.200. The normalized spacial score (nSPS) is 19.4. The number of para-hydroxylation sites is 1. The maximum absolute atomic E-state index is 14.7. The maximum atomic E-state index is 14.7. The maximum Gasteiger partial charge on any atom is 0.174 e. The van der Waals surface area contributed by atoms with Crippen molar-refractivity contribution in [2.45, 2.75) is 25.9 Å². The summed E-state index contributed by atoms with van der Waals surface area (Å²) < 4.78 is 15.8. The van der Waals surface area contributed by atoms with Crippen LogP contribution in [0.2, 0.25) is 0 Å². The number of nitrogens with zero attached hydrogens (tertiary/aromatic N) is 2. The van der Waals surface area contributed by atoms with E-state index in [1.807, 2.05) is 43.0 Å². The summed E-state index contributed by atoms with van der Waals surface area (Å²) in [6.45, 7) is 4.09. The topological polar surface area (TPSA) is 44.0 Å². The molecule has 0 radical (unpaired) electrons. The monoisotopic (exact) mass is 492 g/mol. The first kappa shape index (κ1) is 18.4. The summed E-state index contributed by atoms with van der Waals surface area (Å²) in [5.41, 5.74) is 4.59. The van der Waals surface area contributed by atoms with Crippen molar-refractivity contribution in [1.29, 1.82) is 0 Å². The summed E-state index contributed by atoms with van der Waals surface area (Å²) >= 11 is 7.98. The number of pyridine rings is 1. The zero-order valence-corrected chi connectivity index (χ0v) is 17.8. The fourth-order valence-corrected chi connectivity index (χ4v) is 4.87. The number of anilines is 1. The van der Waals surface area contributed by atoms with E-state index in [0.29, 0.717) is 10.8 Å². The van der Waals surface area contributed by atoms with Crippen molar-refractivity contribution in [1.82, 2.24) is 15.3 Å². The summed E-state index contributed by atoms with van der Waals surface area (Å²) in [5.74, 6) is -0.298. The molecule has 4 rings (SSSR count). The molecule has 2 N–H and O–H groups in total. The Labute approximate surface area is 176 Å². The average molecular weight is 492 g/mol. The Morgan fingerprint density at radius 1 is 1.11 bits per heavy atom. The number of thiocarbonyl (C=S) groups is 1. The smallest absolute Gasteiger partial charge is 0.174 e. The van der Waals surface area contributed by atoms with Gasteiger partial charge in [0, 0.05) is 26.7 Å². The third kappa shape index (κ3) is 3.12. The highest BCUT2D eigenvalue weighted by Crippen LogP contribution is 2.45. The lowest BCUT2D eigenvalue weighted by Crippen LogP contribution is -2.30. The second kappa shape index (κ2) is 7.20. The number of H-pyrrole nitrogens is 1. The zero-order valence-electron chi connectivity index (χ0n) is 14.8. The van der Waals surface area contributed by atoms with Crippen molar-refractivity contribution in [2.75, 3.05) is 4.90 Å². The molecule has 0 saturated carbocycles. The van der Waals surface area contributed by atoms with Gasteiger partial charge < -0.3 is 15.2 Å². The molecule has 2 atom stereocenters. The third-order valence-electron chi connectivity index (χ3n) is 4.85. The summed E-state index contributed by atoms with van der Waals surface area (Å²) in [5, 5.41) is 3.86. The van der Waals surface area contributed by atoms with Gasteiger partial charge in [-0.1, -0.05) is 18.2 Å². The number of aromatic nitrogens is 2. The number of nitrogens with one attached hydrogen (secondary N) is 2. The molecule has 1 aromatic carbocycles. The van der Waals surface area contributed by atoms with Crippen LogP contribution in [0.3, 0.4) is 0 Å². The number of benzene rings is 1. The van der Waals surface area contributed by atoms with Gasteiger partial charge in [0.15, 0.2) is 5.11 Å². The number of aromatic amines is 1. The largest absolute Gasteiger partial charge is 0.362 e. The molecule has 0 bridgehead atoms. The van der Waals surface area contributed by atoms with Crippen LogP contribution in [0.5, 0.6) is 0 Å². The summed E-state index contributed by atoms with van der Waals surface area (Å²) in [4.78, 5) is 9.82. The third-order valence-corrected chi connectivity index (χ3v) is 6.56. The van der Waals surface area contributed by atoms with E-state index in [9.17, 15) is 4.39 Å². The standard InChI is InChI=1S/C20H18FIN4S/c1-11-16(17(22)12(2)24-11)19-18(14-8-5-6-10-23-14)25-20(27)26(19)15-9-4-3-7-13(15)21/h3-10,18-19,24H,1-2H3,(H,25,27)/t18-,19-/m0/s1. The van der Waals surface area contributed by atoms with Gasteiger partial charge in [0.1, 0.15) is 5.82 Å². The molecule has 1 saturated heterocycles. The fourth-order valence-electron chi connectivity index (χ4n) is 3.68.